The molecule has 0 spiro atoms. The van der Waals surface area contributed by atoms with E-state index in [4.69, 9.17) is 5.73 Å². The minimum atomic E-state index is -3.10. The second kappa shape index (κ2) is 7.11. The van der Waals surface area contributed by atoms with Gasteiger partial charge in [-0.1, -0.05) is 6.07 Å². The molecule has 1 amide bonds. The third-order valence-electron chi connectivity index (χ3n) is 3.36. The van der Waals surface area contributed by atoms with Crippen molar-refractivity contribution in [2.75, 3.05) is 31.1 Å². The summed E-state index contributed by atoms with van der Waals surface area (Å²) in [5.74, 6) is -0.0265. The number of hydrogen-bond donors (Lipinski definition) is 2. The Kier molecular flexibility index (Phi) is 6.00. The number of sulfonamides is 1. The third-order valence-corrected chi connectivity index (χ3v) is 5.31. The summed E-state index contributed by atoms with van der Waals surface area (Å²) in [4.78, 5) is 12.0. The monoisotopic (exact) mass is 333 g/mol. The van der Waals surface area contributed by atoms with Crippen LogP contribution in [0.4, 0.5) is 5.69 Å². The maximum absolute atomic E-state index is 12.0. The summed E-state index contributed by atoms with van der Waals surface area (Å²) in [6, 6.07) is 5.15. The fourth-order valence-corrected chi connectivity index (χ4v) is 3.74. The number of nitrogens with zero attached hydrogens (tertiary/aromatic N) is 1. The first-order valence-electron chi connectivity index (χ1n) is 6.52. The number of nitrogens with one attached hydrogen (secondary N) is 1. The summed E-state index contributed by atoms with van der Waals surface area (Å²) < 4.78 is 24.6. The number of carbonyl (C=O) groups is 1. The minimum absolute atomic E-state index is 0. The van der Waals surface area contributed by atoms with Crippen LogP contribution in [0.25, 0.3) is 0 Å². The van der Waals surface area contributed by atoms with Crippen LogP contribution < -0.4 is 11.1 Å². The van der Waals surface area contributed by atoms with Crippen molar-refractivity contribution in [1.82, 2.24) is 9.62 Å². The Bertz CT molecular complexity index is 619. The molecule has 0 unspecified atom stereocenters. The molecule has 21 heavy (non-hydrogen) atoms. The van der Waals surface area contributed by atoms with E-state index >= 15 is 0 Å². The predicted molar refractivity (Wildman–Crippen MR) is 85.1 cm³/mol. The molecule has 1 heterocycles. The van der Waals surface area contributed by atoms with E-state index in [-0.39, 0.29) is 24.1 Å². The molecule has 0 aromatic heterocycles. The summed E-state index contributed by atoms with van der Waals surface area (Å²) in [6.07, 6.45) is 0.657. The van der Waals surface area contributed by atoms with Gasteiger partial charge in [-0.3, -0.25) is 4.79 Å². The summed E-state index contributed by atoms with van der Waals surface area (Å²) in [5.41, 5.74) is 7.55. The molecule has 6 nitrogen and oxygen atoms in total. The van der Waals surface area contributed by atoms with E-state index in [1.807, 2.05) is 6.92 Å². The second-order valence-electron chi connectivity index (χ2n) is 4.90. The first-order chi connectivity index (χ1) is 9.40. The Morgan fingerprint density at radius 2 is 2.14 bits per heavy atom. The molecule has 0 radical (unpaired) electrons. The number of rotatable bonds is 4. The van der Waals surface area contributed by atoms with Gasteiger partial charge in [-0.2, -0.15) is 0 Å². The zero-order valence-corrected chi connectivity index (χ0v) is 13.5. The van der Waals surface area contributed by atoms with Gasteiger partial charge in [0, 0.05) is 30.9 Å². The van der Waals surface area contributed by atoms with Gasteiger partial charge < -0.3 is 11.1 Å². The van der Waals surface area contributed by atoms with E-state index in [0.717, 1.165) is 5.56 Å². The molecule has 1 fully saturated rings. The fourth-order valence-electron chi connectivity index (χ4n) is 2.22. The van der Waals surface area contributed by atoms with E-state index < -0.39 is 10.0 Å². The highest BCUT2D eigenvalue weighted by molar-refractivity contribution is 7.89. The van der Waals surface area contributed by atoms with Crippen molar-refractivity contribution < 1.29 is 13.2 Å². The highest BCUT2D eigenvalue weighted by Gasteiger charge is 2.27. The van der Waals surface area contributed by atoms with Gasteiger partial charge >= 0.3 is 0 Å². The molecule has 1 aromatic rings. The maximum Gasteiger partial charge on any atom is 0.251 e. The Labute approximate surface area is 131 Å². The third kappa shape index (κ3) is 4.33. The van der Waals surface area contributed by atoms with Crippen LogP contribution >= 0.6 is 12.4 Å². The van der Waals surface area contributed by atoms with Crippen LogP contribution in [-0.2, 0) is 10.0 Å². The van der Waals surface area contributed by atoms with Crippen LogP contribution in [0.1, 0.15) is 22.3 Å². The van der Waals surface area contributed by atoms with Gasteiger partial charge in [-0.15, -0.1) is 12.4 Å². The number of aryl methyl sites for hydroxylation is 1. The lowest BCUT2D eigenvalue weighted by molar-refractivity contribution is 0.0951. The molecule has 0 atom stereocenters. The molecule has 0 bridgehead atoms. The lowest BCUT2D eigenvalue weighted by atomic mass is 10.1. The second-order valence-corrected chi connectivity index (χ2v) is 6.99. The van der Waals surface area contributed by atoms with Crippen LogP contribution in [0.15, 0.2) is 18.2 Å². The minimum Gasteiger partial charge on any atom is -0.399 e. The average molecular weight is 334 g/mol. The maximum atomic E-state index is 12.0. The van der Waals surface area contributed by atoms with Crippen molar-refractivity contribution in [3.8, 4) is 0 Å². The summed E-state index contributed by atoms with van der Waals surface area (Å²) in [7, 11) is -3.10. The van der Waals surface area contributed by atoms with Crippen molar-refractivity contribution in [2.45, 2.75) is 13.3 Å². The molecule has 1 saturated heterocycles. The molecule has 0 saturated carbocycles. The molecule has 3 N–H and O–H groups in total. The van der Waals surface area contributed by atoms with Gasteiger partial charge in [-0.25, -0.2) is 12.7 Å². The largest absolute Gasteiger partial charge is 0.399 e. The van der Waals surface area contributed by atoms with Crippen LogP contribution in [0.5, 0.6) is 0 Å². The highest BCUT2D eigenvalue weighted by Crippen LogP contribution is 2.13. The SMILES string of the molecule is Cc1ccc(N)cc1C(=O)NCCN1CCCS1(=O)=O.Cl. The van der Waals surface area contributed by atoms with Gasteiger partial charge in [-0.05, 0) is 31.0 Å². The Morgan fingerprint density at radius 3 is 2.76 bits per heavy atom. The molecular weight excluding hydrogens is 314 g/mol. The number of halogens is 1. The smallest absolute Gasteiger partial charge is 0.251 e. The molecule has 1 aliphatic heterocycles. The first kappa shape index (κ1) is 17.7. The summed E-state index contributed by atoms with van der Waals surface area (Å²) >= 11 is 0. The number of hydrogen-bond acceptors (Lipinski definition) is 4. The number of benzene rings is 1. The zero-order chi connectivity index (χ0) is 14.8. The molecular formula is C13H20ClN3O3S. The van der Waals surface area contributed by atoms with E-state index in [0.29, 0.717) is 37.3 Å². The Hall–Kier alpha value is -1.31. The Morgan fingerprint density at radius 1 is 1.43 bits per heavy atom. The fraction of sp³-hybridized carbons (Fsp3) is 0.462. The van der Waals surface area contributed by atoms with E-state index in [1.54, 1.807) is 18.2 Å². The van der Waals surface area contributed by atoms with Crippen molar-refractivity contribution in [1.29, 1.82) is 0 Å². The number of amides is 1. The predicted octanol–water partition coefficient (Wildman–Crippen LogP) is 0.764. The molecule has 118 valence electrons. The normalized spacial score (nSPS) is 17.2. The van der Waals surface area contributed by atoms with Gasteiger partial charge in [0.15, 0.2) is 0 Å². The molecule has 2 rings (SSSR count). The first-order valence-corrected chi connectivity index (χ1v) is 8.13. The van der Waals surface area contributed by atoms with Crippen molar-refractivity contribution >= 4 is 34.0 Å². The number of nitrogens with two attached hydrogens (primary N) is 1. The topological polar surface area (TPSA) is 92.5 Å². The number of nitrogen functional groups attached to an aromatic ring is 1. The average Bonchev–Trinajstić information content (AvgIpc) is 2.71. The summed E-state index contributed by atoms with van der Waals surface area (Å²) in [5, 5.41) is 2.73. The van der Waals surface area contributed by atoms with Crippen molar-refractivity contribution in [3.05, 3.63) is 29.3 Å². The molecule has 1 aliphatic rings. The number of anilines is 1. The standard InChI is InChI=1S/C13H19N3O3S.ClH/c1-10-3-4-11(14)9-12(10)13(17)15-5-7-16-6-2-8-20(16,18)19;/h3-4,9H,2,5-8,14H2,1H3,(H,15,17);1H. The van der Waals surface area contributed by atoms with Gasteiger partial charge in [0.2, 0.25) is 10.0 Å². The van der Waals surface area contributed by atoms with E-state index in [2.05, 4.69) is 5.32 Å². The van der Waals surface area contributed by atoms with Crippen LogP contribution in [0.2, 0.25) is 0 Å². The Balaban J connectivity index is 0.00000220. The highest BCUT2D eigenvalue weighted by atomic mass is 35.5. The van der Waals surface area contributed by atoms with E-state index in [1.165, 1.54) is 4.31 Å². The molecule has 8 heteroatoms. The number of carbonyl (C=O) groups excluding carboxylic acids is 1. The van der Waals surface area contributed by atoms with Crippen LogP contribution in [-0.4, -0.2) is 44.0 Å². The van der Waals surface area contributed by atoms with Gasteiger partial charge in [0.05, 0.1) is 5.75 Å². The van der Waals surface area contributed by atoms with Crippen LogP contribution in [0.3, 0.4) is 0 Å². The lowest BCUT2D eigenvalue weighted by Crippen LogP contribution is -2.36. The lowest BCUT2D eigenvalue weighted by Gasteiger charge is -2.15. The van der Waals surface area contributed by atoms with Gasteiger partial charge in [0.25, 0.3) is 5.91 Å². The molecule has 1 aromatic carbocycles. The quantitative estimate of drug-likeness (QED) is 0.796. The van der Waals surface area contributed by atoms with Crippen LogP contribution in [0, 0.1) is 6.92 Å². The van der Waals surface area contributed by atoms with Crippen molar-refractivity contribution in [3.63, 3.8) is 0 Å². The molecule has 0 aliphatic carbocycles. The van der Waals surface area contributed by atoms with Crippen molar-refractivity contribution in [2.24, 2.45) is 0 Å². The van der Waals surface area contributed by atoms with E-state index in [9.17, 15) is 13.2 Å². The summed E-state index contributed by atoms with van der Waals surface area (Å²) in [6.45, 7) is 2.98. The zero-order valence-electron chi connectivity index (χ0n) is 11.8. The van der Waals surface area contributed by atoms with Gasteiger partial charge in [0.1, 0.15) is 0 Å².